The molecule has 0 heterocycles. The van der Waals surface area contributed by atoms with Gasteiger partial charge in [-0.3, -0.25) is 14.9 Å². The van der Waals surface area contributed by atoms with Gasteiger partial charge in [-0.25, -0.2) is 0 Å². The summed E-state index contributed by atoms with van der Waals surface area (Å²) in [5.74, 6) is 0.118. The average Bonchev–Trinajstić information content (AvgIpc) is 2.34. The Labute approximate surface area is 110 Å². The molecule has 0 radical (unpaired) electrons. The highest BCUT2D eigenvalue weighted by Crippen LogP contribution is 2.16. The fourth-order valence-corrected chi connectivity index (χ4v) is 1.08. The van der Waals surface area contributed by atoms with Crippen LogP contribution in [0.5, 0.6) is 5.75 Å². The molecule has 1 aromatic rings. The number of ether oxygens (including phenoxy) is 1. The number of hydrogen-bond acceptors (Lipinski definition) is 5. The molecule has 0 aliphatic heterocycles. The third-order valence-electron chi connectivity index (χ3n) is 1.88. The largest absolute Gasteiger partial charge is 0.484 e. The van der Waals surface area contributed by atoms with Crippen molar-refractivity contribution >= 4 is 24.0 Å². The molecule has 1 rings (SSSR count). The minimum Gasteiger partial charge on any atom is -0.484 e. The van der Waals surface area contributed by atoms with Crippen molar-refractivity contribution in [3.05, 3.63) is 34.4 Å². The van der Waals surface area contributed by atoms with E-state index >= 15 is 0 Å². The molecule has 1 amide bonds. The molecule has 0 saturated carbocycles. The van der Waals surface area contributed by atoms with Gasteiger partial charge in [0.05, 0.1) is 4.92 Å². The highest BCUT2D eigenvalue weighted by atomic mass is 35.5. The molecule has 1 aromatic carbocycles. The summed E-state index contributed by atoms with van der Waals surface area (Å²) < 4.78 is 5.12. The summed E-state index contributed by atoms with van der Waals surface area (Å²) in [6, 6.07) is 5.50. The highest BCUT2D eigenvalue weighted by Gasteiger charge is 2.05. The molecule has 0 bridgehead atoms. The second-order valence-electron chi connectivity index (χ2n) is 3.18. The van der Waals surface area contributed by atoms with Crippen LogP contribution < -0.4 is 15.8 Å². The smallest absolute Gasteiger partial charge is 0.269 e. The van der Waals surface area contributed by atoms with Crippen LogP contribution in [-0.4, -0.2) is 30.5 Å². The van der Waals surface area contributed by atoms with Gasteiger partial charge in [0, 0.05) is 25.2 Å². The van der Waals surface area contributed by atoms with Crippen molar-refractivity contribution in [2.24, 2.45) is 5.73 Å². The van der Waals surface area contributed by atoms with E-state index in [1.165, 1.54) is 24.3 Å². The number of nitrogens with one attached hydrogen (secondary N) is 1. The molecule has 7 nitrogen and oxygen atoms in total. The van der Waals surface area contributed by atoms with Crippen LogP contribution in [0.3, 0.4) is 0 Å². The first-order valence-electron chi connectivity index (χ1n) is 4.97. The zero-order chi connectivity index (χ0) is 12.7. The first kappa shape index (κ1) is 16.1. The third-order valence-corrected chi connectivity index (χ3v) is 1.88. The lowest BCUT2D eigenvalue weighted by Gasteiger charge is -2.06. The van der Waals surface area contributed by atoms with Crippen molar-refractivity contribution in [1.29, 1.82) is 0 Å². The molecule has 0 atom stereocenters. The van der Waals surface area contributed by atoms with Crippen molar-refractivity contribution in [3.63, 3.8) is 0 Å². The number of carbonyl (C=O) groups is 1. The number of nitro benzene ring substituents is 1. The number of non-ortho nitro benzene ring substituents is 1. The maximum absolute atomic E-state index is 11.2. The first-order valence-corrected chi connectivity index (χ1v) is 4.97. The Morgan fingerprint density at radius 3 is 2.50 bits per heavy atom. The Bertz CT molecular complexity index is 397. The number of nitro groups is 1. The summed E-state index contributed by atoms with van der Waals surface area (Å²) in [6.45, 7) is 0.615. The normalized spacial score (nSPS) is 9.17. The Morgan fingerprint density at radius 1 is 1.39 bits per heavy atom. The summed E-state index contributed by atoms with van der Waals surface area (Å²) in [6.07, 6.45) is 0. The maximum Gasteiger partial charge on any atom is 0.269 e. The van der Waals surface area contributed by atoms with E-state index in [-0.39, 0.29) is 30.6 Å². The Balaban J connectivity index is 0.00000289. The number of benzene rings is 1. The van der Waals surface area contributed by atoms with Gasteiger partial charge in [-0.05, 0) is 12.1 Å². The Morgan fingerprint density at radius 2 is 2.00 bits per heavy atom. The molecule has 0 saturated heterocycles. The third kappa shape index (κ3) is 5.46. The van der Waals surface area contributed by atoms with Crippen LogP contribution in [-0.2, 0) is 4.79 Å². The zero-order valence-corrected chi connectivity index (χ0v) is 10.3. The summed E-state index contributed by atoms with van der Waals surface area (Å²) in [5, 5.41) is 12.9. The lowest BCUT2D eigenvalue weighted by atomic mass is 10.3. The zero-order valence-electron chi connectivity index (χ0n) is 9.50. The van der Waals surface area contributed by atoms with Crippen LogP contribution in [0, 0.1) is 10.1 Å². The average molecular weight is 276 g/mol. The highest BCUT2D eigenvalue weighted by molar-refractivity contribution is 5.85. The summed E-state index contributed by atoms with van der Waals surface area (Å²) in [5.41, 5.74) is 5.19. The van der Waals surface area contributed by atoms with Gasteiger partial charge in [-0.15, -0.1) is 12.4 Å². The Hall–Kier alpha value is -1.86. The van der Waals surface area contributed by atoms with Crippen LogP contribution in [0.25, 0.3) is 0 Å². The van der Waals surface area contributed by atoms with Gasteiger partial charge in [0.15, 0.2) is 6.61 Å². The van der Waals surface area contributed by atoms with Crippen LogP contribution in [0.1, 0.15) is 0 Å². The van der Waals surface area contributed by atoms with Crippen LogP contribution in [0.4, 0.5) is 5.69 Å². The van der Waals surface area contributed by atoms with Crippen molar-refractivity contribution in [2.75, 3.05) is 19.7 Å². The topological polar surface area (TPSA) is 107 Å². The van der Waals surface area contributed by atoms with Crippen LogP contribution >= 0.6 is 12.4 Å². The number of hydrogen-bond donors (Lipinski definition) is 2. The SMILES string of the molecule is Cl.NCCNC(=O)COc1ccc([N+](=O)[O-])cc1. The molecule has 0 aliphatic rings. The standard InChI is InChI=1S/C10H13N3O4.ClH/c11-5-6-12-10(14)7-17-9-3-1-8(2-4-9)13(15)16;/h1-4H,5-7,11H2,(H,12,14);1H. The minimum absolute atomic E-state index is 0. The van der Waals surface area contributed by atoms with Gasteiger partial charge < -0.3 is 15.8 Å². The molecule has 3 N–H and O–H groups in total. The van der Waals surface area contributed by atoms with Crippen molar-refractivity contribution < 1.29 is 14.5 Å². The van der Waals surface area contributed by atoms with Gasteiger partial charge in [0.25, 0.3) is 11.6 Å². The van der Waals surface area contributed by atoms with Gasteiger partial charge in [0.2, 0.25) is 0 Å². The Kier molecular flexibility index (Phi) is 7.41. The van der Waals surface area contributed by atoms with E-state index in [4.69, 9.17) is 10.5 Å². The number of rotatable bonds is 6. The number of halogens is 1. The monoisotopic (exact) mass is 275 g/mol. The first-order chi connectivity index (χ1) is 8.13. The predicted octanol–water partition coefficient (Wildman–Crippen LogP) is 0.470. The van der Waals surface area contributed by atoms with Crippen LogP contribution in [0.2, 0.25) is 0 Å². The van der Waals surface area contributed by atoms with E-state index in [1.54, 1.807) is 0 Å². The van der Waals surface area contributed by atoms with E-state index in [0.29, 0.717) is 18.8 Å². The quantitative estimate of drug-likeness (QED) is 0.580. The maximum atomic E-state index is 11.2. The van der Waals surface area contributed by atoms with Gasteiger partial charge in [-0.2, -0.15) is 0 Å². The van der Waals surface area contributed by atoms with Crippen molar-refractivity contribution in [3.8, 4) is 5.75 Å². The fourth-order valence-electron chi connectivity index (χ4n) is 1.08. The van der Waals surface area contributed by atoms with Gasteiger partial charge in [-0.1, -0.05) is 0 Å². The molecule has 100 valence electrons. The van der Waals surface area contributed by atoms with Crippen molar-refractivity contribution in [1.82, 2.24) is 5.32 Å². The number of nitrogens with zero attached hydrogens (tertiary/aromatic N) is 1. The van der Waals surface area contributed by atoms with Gasteiger partial charge >= 0.3 is 0 Å². The van der Waals surface area contributed by atoms with E-state index < -0.39 is 4.92 Å². The fraction of sp³-hybridized carbons (Fsp3) is 0.300. The number of amides is 1. The molecule has 18 heavy (non-hydrogen) atoms. The molecule has 0 unspecified atom stereocenters. The lowest BCUT2D eigenvalue weighted by molar-refractivity contribution is -0.384. The lowest BCUT2D eigenvalue weighted by Crippen LogP contribution is -2.32. The van der Waals surface area contributed by atoms with Crippen molar-refractivity contribution in [2.45, 2.75) is 0 Å². The van der Waals surface area contributed by atoms with E-state index in [0.717, 1.165) is 0 Å². The van der Waals surface area contributed by atoms with Crippen LogP contribution in [0.15, 0.2) is 24.3 Å². The van der Waals surface area contributed by atoms with E-state index in [2.05, 4.69) is 5.32 Å². The van der Waals surface area contributed by atoms with E-state index in [1.807, 2.05) is 0 Å². The summed E-state index contributed by atoms with van der Waals surface area (Å²) in [7, 11) is 0. The van der Waals surface area contributed by atoms with Gasteiger partial charge in [0.1, 0.15) is 5.75 Å². The predicted molar refractivity (Wildman–Crippen MR) is 67.9 cm³/mol. The molecular formula is C10H14ClN3O4. The minimum atomic E-state index is -0.502. The summed E-state index contributed by atoms with van der Waals surface area (Å²) >= 11 is 0. The molecule has 0 fully saturated rings. The second-order valence-corrected chi connectivity index (χ2v) is 3.18. The molecule has 0 spiro atoms. The summed E-state index contributed by atoms with van der Waals surface area (Å²) in [4.78, 5) is 21.0. The van der Waals surface area contributed by atoms with E-state index in [9.17, 15) is 14.9 Å². The molecule has 8 heteroatoms. The number of carbonyl (C=O) groups excluding carboxylic acids is 1. The molecule has 0 aliphatic carbocycles. The number of nitrogens with two attached hydrogens (primary N) is 1. The molecule has 0 aromatic heterocycles. The second kappa shape index (κ2) is 8.26. The molecular weight excluding hydrogens is 262 g/mol.